The number of rotatable bonds is 6. The largest absolute Gasteiger partial charge is 0.296 e. The zero-order valence-corrected chi connectivity index (χ0v) is 12.7. The molecule has 1 amide bonds. The summed E-state index contributed by atoms with van der Waals surface area (Å²) in [5, 5.41) is 12.3. The number of amides is 1. The molecule has 0 saturated carbocycles. The average molecular weight is 311 g/mol. The van der Waals surface area contributed by atoms with Crippen molar-refractivity contribution in [3.05, 3.63) is 34.1 Å². The van der Waals surface area contributed by atoms with E-state index in [1.165, 1.54) is 30.4 Å². The van der Waals surface area contributed by atoms with Gasteiger partial charge in [0.05, 0.1) is 5.56 Å². The Bertz CT molecular complexity index is 587. The van der Waals surface area contributed by atoms with Crippen LogP contribution < -0.4 is 5.32 Å². The molecule has 2 rings (SSSR count). The van der Waals surface area contributed by atoms with E-state index in [1.54, 1.807) is 12.1 Å². The molecule has 1 N–H and O–H groups in total. The molecule has 106 valence electrons. The van der Waals surface area contributed by atoms with Crippen LogP contribution in [0, 0.1) is 0 Å². The van der Waals surface area contributed by atoms with Crippen molar-refractivity contribution in [1.29, 1.82) is 0 Å². The van der Waals surface area contributed by atoms with E-state index in [0.717, 1.165) is 17.8 Å². The van der Waals surface area contributed by atoms with Gasteiger partial charge in [0, 0.05) is 12.6 Å². The monoisotopic (exact) mass is 310 g/mol. The van der Waals surface area contributed by atoms with E-state index in [-0.39, 0.29) is 11.1 Å². The number of nitrogens with one attached hydrogen (secondary N) is 1. The highest BCUT2D eigenvalue weighted by atomic mass is 35.5. The first kappa shape index (κ1) is 14.9. The van der Waals surface area contributed by atoms with Crippen LogP contribution in [-0.2, 0) is 6.42 Å². The molecule has 0 fully saturated rings. The van der Waals surface area contributed by atoms with Crippen molar-refractivity contribution in [2.75, 3.05) is 5.32 Å². The maximum absolute atomic E-state index is 12.0. The summed E-state index contributed by atoms with van der Waals surface area (Å²) >= 11 is 7.26. The fraction of sp³-hybridized carbons (Fsp3) is 0.385. The summed E-state index contributed by atoms with van der Waals surface area (Å²) in [6.07, 6.45) is 5.87. The minimum absolute atomic E-state index is 0.178. The van der Waals surface area contributed by atoms with E-state index in [0.29, 0.717) is 10.7 Å². The van der Waals surface area contributed by atoms with Gasteiger partial charge in [-0.2, -0.15) is 0 Å². The Morgan fingerprint density at radius 3 is 3.00 bits per heavy atom. The molecule has 2 heterocycles. The summed E-state index contributed by atoms with van der Waals surface area (Å²) in [7, 11) is 0. The maximum atomic E-state index is 12.0. The van der Waals surface area contributed by atoms with Crippen LogP contribution in [0.1, 0.15) is 41.6 Å². The topological polar surface area (TPSA) is 67.8 Å². The number of hydrogen-bond donors (Lipinski definition) is 1. The van der Waals surface area contributed by atoms with E-state index in [2.05, 4.69) is 27.4 Å². The van der Waals surface area contributed by atoms with Crippen LogP contribution >= 0.6 is 22.9 Å². The van der Waals surface area contributed by atoms with Gasteiger partial charge in [-0.15, -0.1) is 10.2 Å². The summed E-state index contributed by atoms with van der Waals surface area (Å²) in [5.41, 5.74) is 0.330. The molecule has 2 aromatic rings. The number of hydrogen-bond acceptors (Lipinski definition) is 5. The third-order valence-corrected chi connectivity index (χ3v) is 3.88. The van der Waals surface area contributed by atoms with Crippen LogP contribution in [0.3, 0.4) is 0 Å². The van der Waals surface area contributed by atoms with Crippen molar-refractivity contribution >= 4 is 34.0 Å². The van der Waals surface area contributed by atoms with Gasteiger partial charge in [-0.25, -0.2) is 4.98 Å². The van der Waals surface area contributed by atoms with Crippen LogP contribution in [-0.4, -0.2) is 21.1 Å². The van der Waals surface area contributed by atoms with E-state index >= 15 is 0 Å². The van der Waals surface area contributed by atoms with Crippen molar-refractivity contribution in [3.8, 4) is 0 Å². The number of carbonyl (C=O) groups is 1. The number of anilines is 1. The fourth-order valence-electron chi connectivity index (χ4n) is 1.65. The van der Waals surface area contributed by atoms with Crippen LogP contribution in [0.2, 0.25) is 5.15 Å². The lowest BCUT2D eigenvalue weighted by molar-refractivity contribution is 0.102. The van der Waals surface area contributed by atoms with E-state index in [9.17, 15) is 4.79 Å². The first-order valence-electron chi connectivity index (χ1n) is 6.45. The van der Waals surface area contributed by atoms with Gasteiger partial charge in [0.15, 0.2) is 0 Å². The number of carbonyl (C=O) groups excluding carboxylic acids is 1. The van der Waals surface area contributed by atoms with Gasteiger partial charge in [-0.3, -0.25) is 10.1 Å². The molecule has 0 aromatic carbocycles. The summed E-state index contributed by atoms with van der Waals surface area (Å²) < 4.78 is 0. The molecule has 0 aliphatic heterocycles. The van der Waals surface area contributed by atoms with Gasteiger partial charge >= 0.3 is 0 Å². The average Bonchev–Trinajstić information content (AvgIpc) is 2.87. The zero-order valence-electron chi connectivity index (χ0n) is 11.1. The number of pyridine rings is 1. The van der Waals surface area contributed by atoms with Crippen molar-refractivity contribution in [3.63, 3.8) is 0 Å². The standard InChI is InChI=1S/C13H15ClN4OS/c1-2-3-4-7-10-17-18-13(20-10)16-12(19)9-6-5-8-15-11(9)14/h5-6,8H,2-4,7H2,1H3,(H,16,18,19). The van der Waals surface area contributed by atoms with Gasteiger partial charge in [0.25, 0.3) is 5.91 Å². The molecule has 0 saturated heterocycles. The Morgan fingerprint density at radius 2 is 2.25 bits per heavy atom. The number of aryl methyl sites for hydroxylation is 1. The van der Waals surface area contributed by atoms with Gasteiger partial charge in [-0.1, -0.05) is 42.7 Å². The van der Waals surface area contributed by atoms with Gasteiger partial charge in [0.1, 0.15) is 10.2 Å². The van der Waals surface area contributed by atoms with Gasteiger partial charge in [0.2, 0.25) is 5.13 Å². The zero-order chi connectivity index (χ0) is 14.4. The molecule has 0 atom stereocenters. The third kappa shape index (κ3) is 3.98. The van der Waals surface area contributed by atoms with Crippen molar-refractivity contribution in [2.24, 2.45) is 0 Å². The Balaban J connectivity index is 1.97. The molecule has 0 radical (unpaired) electrons. The first-order chi connectivity index (χ1) is 9.70. The summed E-state index contributed by atoms with van der Waals surface area (Å²) in [6, 6.07) is 3.28. The number of aromatic nitrogens is 3. The van der Waals surface area contributed by atoms with Gasteiger partial charge in [-0.05, 0) is 18.6 Å². The minimum Gasteiger partial charge on any atom is -0.296 e. The molecule has 0 aliphatic carbocycles. The second kappa shape index (κ2) is 7.31. The lowest BCUT2D eigenvalue weighted by atomic mass is 10.2. The SMILES string of the molecule is CCCCCc1nnc(NC(=O)c2cccnc2Cl)s1. The normalized spacial score (nSPS) is 10.5. The number of nitrogens with zero attached hydrogens (tertiary/aromatic N) is 3. The van der Waals surface area contributed by atoms with Crippen LogP contribution in [0.15, 0.2) is 18.3 Å². The van der Waals surface area contributed by atoms with Gasteiger partial charge < -0.3 is 0 Å². The quantitative estimate of drug-likeness (QED) is 0.654. The molecular formula is C13H15ClN4OS. The smallest absolute Gasteiger partial charge is 0.260 e. The molecule has 0 bridgehead atoms. The molecule has 7 heteroatoms. The molecular weight excluding hydrogens is 296 g/mol. The minimum atomic E-state index is -0.320. The fourth-order valence-corrected chi connectivity index (χ4v) is 2.63. The second-order valence-electron chi connectivity index (χ2n) is 4.25. The van der Waals surface area contributed by atoms with Crippen molar-refractivity contribution < 1.29 is 4.79 Å². The predicted molar refractivity (Wildman–Crippen MR) is 80.3 cm³/mol. The van der Waals surface area contributed by atoms with Crippen LogP contribution in [0.25, 0.3) is 0 Å². The molecule has 0 aliphatic rings. The van der Waals surface area contributed by atoms with E-state index in [4.69, 9.17) is 11.6 Å². The molecule has 20 heavy (non-hydrogen) atoms. The van der Waals surface area contributed by atoms with E-state index in [1.807, 2.05) is 0 Å². The molecule has 0 spiro atoms. The highest BCUT2D eigenvalue weighted by molar-refractivity contribution is 7.15. The number of unbranched alkanes of at least 4 members (excludes halogenated alkanes) is 2. The third-order valence-electron chi connectivity index (χ3n) is 2.69. The summed E-state index contributed by atoms with van der Waals surface area (Å²) in [4.78, 5) is 15.9. The van der Waals surface area contributed by atoms with Crippen LogP contribution in [0.5, 0.6) is 0 Å². The van der Waals surface area contributed by atoms with Crippen molar-refractivity contribution in [1.82, 2.24) is 15.2 Å². The lowest BCUT2D eigenvalue weighted by Gasteiger charge is -2.01. The molecule has 0 unspecified atom stereocenters. The van der Waals surface area contributed by atoms with Crippen LogP contribution in [0.4, 0.5) is 5.13 Å². The Kier molecular flexibility index (Phi) is 5.43. The Hall–Kier alpha value is -1.53. The Labute approximate surface area is 126 Å². The number of halogens is 1. The summed E-state index contributed by atoms with van der Waals surface area (Å²) in [5.74, 6) is -0.320. The van der Waals surface area contributed by atoms with E-state index < -0.39 is 0 Å². The Morgan fingerprint density at radius 1 is 1.40 bits per heavy atom. The highest BCUT2D eigenvalue weighted by Gasteiger charge is 2.13. The lowest BCUT2D eigenvalue weighted by Crippen LogP contribution is -2.12. The molecule has 5 nitrogen and oxygen atoms in total. The predicted octanol–water partition coefficient (Wildman–Crippen LogP) is 3.57. The second-order valence-corrected chi connectivity index (χ2v) is 5.67. The maximum Gasteiger partial charge on any atom is 0.260 e. The highest BCUT2D eigenvalue weighted by Crippen LogP contribution is 2.19. The summed E-state index contributed by atoms with van der Waals surface area (Å²) in [6.45, 7) is 2.16. The van der Waals surface area contributed by atoms with Crippen molar-refractivity contribution in [2.45, 2.75) is 32.6 Å². The first-order valence-corrected chi connectivity index (χ1v) is 7.64. The molecule has 2 aromatic heterocycles.